The third-order valence-electron chi connectivity index (χ3n) is 1.38. The highest BCUT2D eigenvalue weighted by molar-refractivity contribution is 5.12. The van der Waals surface area contributed by atoms with Crippen molar-refractivity contribution in [2.45, 2.75) is 19.3 Å². The average molecular weight is 134 g/mol. The molecule has 0 bridgehead atoms. The van der Waals surface area contributed by atoms with Crippen molar-refractivity contribution in [2.24, 2.45) is 0 Å². The summed E-state index contributed by atoms with van der Waals surface area (Å²) in [6, 6.07) is 0. The van der Waals surface area contributed by atoms with Crippen LogP contribution in [-0.2, 0) is 0 Å². The van der Waals surface area contributed by atoms with E-state index in [4.69, 9.17) is 6.42 Å². The molecule has 1 unspecified atom stereocenters. The van der Waals surface area contributed by atoms with Crippen LogP contribution in [0.2, 0.25) is 0 Å². The van der Waals surface area contributed by atoms with Gasteiger partial charge in [0.25, 0.3) is 0 Å². The molecule has 0 spiro atoms. The molecule has 1 aromatic heterocycles. The van der Waals surface area contributed by atoms with Crippen LogP contribution in [0.15, 0.2) is 6.20 Å². The third kappa shape index (κ3) is 1.16. The van der Waals surface area contributed by atoms with Crippen molar-refractivity contribution in [2.75, 3.05) is 0 Å². The van der Waals surface area contributed by atoms with Gasteiger partial charge in [-0.3, -0.25) is 5.10 Å². The van der Waals surface area contributed by atoms with Gasteiger partial charge in [-0.1, -0.05) is 18.1 Å². The summed E-state index contributed by atoms with van der Waals surface area (Å²) in [6.07, 6.45) is 9.44. The van der Waals surface area contributed by atoms with Crippen LogP contribution < -0.4 is 0 Å². The molecule has 3 nitrogen and oxygen atoms in total. The molecule has 0 aliphatic heterocycles. The second-order valence-electron chi connectivity index (χ2n) is 2.00. The number of aromatic nitrogens is 3. The SMILES string of the molecule is [C]#CC(CC)c1c[nH]nn1. The topological polar surface area (TPSA) is 41.6 Å². The van der Waals surface area contributed by atoms with Crippen LogP contribution in [0, 0.1) is 12.3 Å². The van der Waals surface area contributed by atoms with Crippen LogP contribution in [-0.4, -0.2) is 15.4 Å². The predicted molar refractivity (Wildman–Crippen MR) is 36.5 cm³/mol. The van der Waals surface area contributed by atoms with Gasteiger partial charge >= 0.3 is 0 Å². The molecular formula is C7H8N3. The highest BCUT2D eigenvalue weighted by Crippen LogP contribution is 2.13. The lowest BCUT2D eigenvalue weighted by molar-refractivity contribution is 0.785. The van der Waals surface area contributed by atoms with Gasteiger partial charge in [-0.25, -0.2) is 0 Å². The molecule has 1 rings (SSSR count). The van der Waals surface area contributed by atoms with Gasteiger partial charge in [0.15, 0.2) is 0 Å². The van der Waals surface area contributed by atoms with Crippen molar-refractivity contribution >= 4 is 0 Å². The molecule has 10 heavy (non-hydrogen) atoms. The van der Waals surface area contributed by atoms with E-state index in [2.05, 4.69) is 21.3 Å². The van der Waals surface area contributed by atoms with E-state index in [9.17, 15) is 0 Å². The van der Waals surface area contributed by atoms with Crippen molar-refractivity contribution in [3.63, 3.8) is 0 Å². The first-order valence-corrected chi connectivity index (χ1v) is 3.17. The first kappa shape index (κ1) is 6.81. The molecular weight excluding hydrogens is 126 g/mol. The third-order valence-corrected chi connectivity index (χ3v) is 1.38. The van der Waals surface area contributed by atoms with Gasteiger partial charge in [-0.15, -0.1) is 5.10 Å². The van der Waals surface area contributed by atoms with E-state index >= 15 is 0 Å². The highest BCUT2D eigenvalue weighted by Gasteiger charge is 2.07. The second kappa shape index (κ2) is 3.02. The predicted octanol–water partition coefficient (Wildman–Crippen LogP) is 0.888. The molecule has 3 heteroatoms. The lowest BCUT2D eigenvalue weighted by Gasteiger charge is -1.98. The Morgan fingerprint density at radius 2 is 2.70 bits per heavy atom. The van der Waals surface area contributed by atoms with Crippen molar-refractivity contribution in [3.8, 4) is 5.92 Å². The Kier molecular flexibility index (Phi) is 2.06. The number of nitrogens with zero attached hydrogens (tertiary/aromatic N) is 2. The van der Waals surface area contributed by atoms with Crippen LogP contribution in [0.5, 0.6) is 0 Å². The summed E-state index contributed by atoms with van der Waals surface area (Å²) < 4.78 is 0. The lowest BCUT2D eigenvalue weighted by Crippen LogP contribution is -1.93. The van der Waals surface area contributed by atoms with Crippen LogP contribution >= 0.6 is 0 Å². The van der Waals surface area contributed by atoms with Gasteiger partial charge in [-0.05, 0) is 12.8 Å². The summed E-state index contributed by atoms with van der Waals surface area (Å²) in [6.45, 7) is 1.99. The molecule has 0 aromatic carbocycles. The minimum absolute atomic E-state index is 0.00116. The molecule has 1 radical (unpaired) electrons. The molecule has 0 amide bonds. The Morgan fingerprint density at radius 3 is 3.10 bits per heavy atom. The molecule has 1 aromatic rings. The summed E-state index contributed by atoms with van der Waals surface area (Å²) in [7, 11) is 0. The Labute approximate surface area is 59.8 Å². The maximum absolute atomic E-state index is 6.90. The maximum atomic E-state index is 6.90. The zero-order valence-electron chi connectivity index (χ0n) is 5.76. The molecule has 0 aliphatic rings. The van der Waals surface area contributed by atoms with E-state index in [0.29, 0.717) is 0 Å². The molecule has 1 heterocycles. The summed E-state index contributed by atoms with van der Waals surface area (Å²) >= 11 is 0. The fourth-order valence-corrected chi connectivity index (χ4v) is 0.766. The van der Waals surface area contributed by atoms with E-state index < -0.39 is 0 Å². The summed E-state index contributed by atoms with van der Waals surface area (Å²) in [5, 5.41) is 9.91. The molecule has 1 N–H and O–H groups in total. The number of aromatic amines is 1. The Hall–Kier alpha value is -1.30. The monoisotopic (exact) mass is 134 g/mol. The number of H-pyrrole nitrogens is 1. The average Bonchev–Trinajstić information content (AvgIpc) is 2.43. The van der Waals surface area contributed by atoms with Crippen LogP contribution in [0.25, 0.3) is 0 Å². The number of nitrogens with one attached hydrogen (secondary N) is 1. The fourth-order valence-electron chi connectivity index (χ4n) is 0.766. The molecule has 0 saturated heterocycles. The van der Waals surface area contributed by atoms with Crippen LogP contribution in [0.1, 0.15) is 25.0 Å². The van der Waals surface area contributed by atoms with E-state index in [1.54, 1.807) is 6.20 Å². The van der Waals surface area contributed by atoms with E-state index in [-0.39, 0.29) is 5.92 Å². The van der Waals surface area contributed by atoms with Crippen LogP contribution in [0.3, 0.4) is 0 Å². The zero-order valence-corrected chi connectivity index (χ0v) is 5.76. The van der Waals surface area contributed by atoms with Gasteiger partial charge in [0.2, 0.25) is 0 Å². The fraction of sp³-hybridized carbons (Fsp3) is 0.429. The van der Waals surface area contributed by atoms with Gasteiger partial charge in [-0.2, -0.15) is 0 Å². The summed E-state index contributed by atoms with van der Waals surface area (Å²) in [4.78, 5) is 0. The molecule has 0 aliphatic carbocycles. The summed E-state index contributed by atoms with van der Waals surface area (Å²) in [5.74, 6) is 2.38. The zero-order chi connectivity index (χ0) is 7.40. The van der Waals surface area contributed by atoms with Crippen molar-refractivity contribution in [1.29, 1.82) is 0 Å². The first-order chi connectivity index (χ1) is 4.88. The normalized spacial score (nSPS) is 12.4. The van der Waals surface area contributed by atoms with Gasteiger partial charge in [0, 0.05) is 6.20 Å². The van der Waals surface area contributed by atoms with Gasteiger partial charge in [0.05, 0.1) is 11.6 Å². The largest absolute Gasteiger partial charge is 0.265 e. The summed E-state index contributed by atoms with van der Waals surface area (Å²) in [5.41, 5.74) is 0.789. The highest BCUT2D eigenvalue weighted by atomic mass is 15.3. The molecule has 0 fully saturated rings. The lowest BCUT2D eigenvalue weighted by atomic mass is 10.1. The Morgan fingerprint density at radius 1 is 1.90 bits per heavy atom. The second-order valence-corrected chi connectivity index (χ2v) is 2.00. The Balaban J connectivity index is 2.76. The van der Waals surface area contributed by atoms with Crippen molar-refractivity contribution < 1.29 is 0 Å². The Bertz CT molecular complexity index is 219. The van der Waals surface area contributed by atoms with Crippen LogP contribution in [0.4, 0.5) is 0 Å². The van der Waals surface area contributed by atoms with Gasteiger partial charge < -0.3 is 0 Å². The number of hydrogen-bond acceptors (Lipinski definition) is 2. The van der Waals surface area contributed by atoms with Gasteiger partial charge in [0.1, 0.15) is 0 Å². The number of rotatable bonds is 2. The smallest absolute Gasteiger partial charge is 0.0974 e. The van der Waals surface area contributed by atoms with E-state index in [0.717, 1.165) is 12.1 Å². The van der Waals surface area contributed by atoms with Crippen molar-refractivity contribution in [1.82, 2.24) is 15.4 Å². The first-order valence-electron chi connectivity index (χ1n) is 3.17. The van der Waals surface area contributed by atoms with E-state index in [1.165, 1.54) is 0 Å². The quantitative estimate of drug-likeness (QED) is 0.610. The minimum atomic E-state index is -0.00116. The maximum Gasteiger partial charge on any atom is 0.0974 e. The standard InChI is InChI=1S/C7H8N3/c1-3-6(4-2)7-5-8-10-9-7/h5-6H,3H2,1H3,(H,8,9,10). The van der Waals surface area contributed by atoms with E-state index in [1.807, 2.05) is 6.92 Å². The molecule has 51 valence electrons. The minimum Gasteiger partial charge on any atom is -0.265 e. The molecule has 1 atom stereocenters. The molecule has 0 saturated carbocycles. The van der Waals surface area contributed by atoms with Crippen molar-refractivity contribution in [3.05, 3.63) is 18.3 Å². The number of hydrogen-bond donors (Lipinski definition) is 1.